The molecule has 0 fully saturated rings. The lowest BCUT2D eigenvalue weighted by atomic mass is 10.2. The van der Waals surface area contributed by atoms with Gasteiger partial charge in [-0.15, -0.1) is 11.8 Å². The Bertz CT molecular complexity index is 941. The van der Waals surface area contributed by atoms with E-state index in [-0.39, 0.29) is 11.7 Å². The number of amides is 1. The molecule has 0 radical (unpaired) electrons. The number of methoxy groups -OCH3 is 1. The number of para-hydroxylation sites is 2. The van der Waals surface area contributed by atoms with E-state index in [0.717, 1.165) is 4.90 Å². The van der Waals surface area contributed by atoms with E-state index < -0.39 is 0 Å². The Hall–Kier alpha value is -3.05. The lowest BCUT2D eigenvalue weighted by Crippen LogP contribution is -2.12. The summed E-state index contributed by atoms with van der Waals surface area (Å²) < 4.78 is 5.26. The van der Waals surface area contributed by atoms with Gasteiger partial charge in [0.2, 0.25) is 0 Å². The van der Waals surface area contributed by atoms with Crippen molar-refractivity contribution in [2.24, 2.45) is 0 Å². The number of anilines is 1. The second-order valence-electron chi connectivity index (χ2n) is 5.76. The summed E-state index contributed by atoms with van der Waals surface area (Å²) in [5, 5.41) is 2.86. The van der Waals surface area contributed by atoms with Crippen molar-refractivity contribution in [3.05, 3.63) is 90.0 Å². The highest BCUT2D eigenvalue weighted by atomic mass is 32.2. The Morgan fingerprint density at radius 3 is 2.37 bits per heavy atom. The molecule has 0 aliphatic rings. The molecule has 3 aromatic carbocycles. The molecule has 136 valence electrons. The van der Waals surface area contributed by atoms with Gasteiger partial charge in [0, 0.05) is 16.0 Å². The van der Waals surface area contributed by atoms with Gasteiger partial charge in [0.1, 0.15) is 5.75 Å². The molecule has 0 atom stereocenters. The lowest BCUT2D eigenvalue weighted by Gasteiger charge is -2.10. The fourth-order valence-electron chi connectivity index (χ4n) is 2.53. The van der Waals surface area contributed by atoms with Gasteiger partial charge in [0.15, 0.2) is 5.78 Å². The summed E-state index contributed by atoms with van der Waals surface area (Å²) >= 11 is 1.41. The Balaban J connectivity index is 1.66. The van der Waals surface area contributed by atoms with Crippen LogP contribution in [0.1, 0.15) is 20.7 Å². The van der Waals surface area contributed by atoms with Crippen LogP contribution in [0.5, 0.6) is 5.75 Å². The topological polar surface area (TPSA) is 55.4 Å². The number of hydrogen-bond donors (Lipinski definition) is 1. The maximum atomic E-state index is 12.6. The van der Waals surface area contributed by atoms with E-state index in [2.05, 4.69) is 5.32 Å². The number of Topliss-reactive ketones (excluding diaryl/α,β-unsaturated/α-hetero) is 1. The first kappa shape index (κ1) is 18.7. The highest BCUT2D eigenvalue weighted by Crippen LogP contribution is 2.25. The second kappa shape index (κ2) is 9.05. The largest absolute Gasteiger partial charge is 0.495 e. The molecule has 0 heterocycles. The normalized spacial score (nSPS) is 10.3. The van der Waals surface area contributed by atoms with Crippen molar-refractivity contribution in [1.29, 1.82) is 0 Å². The molecule has 0 aliphatic heterocycles. The third kappa shape index (κ3) is 4.99. The summed E-state index contributed by atoms with van der Waals surface area (Å²) in [7, 11) is 1.56. The molecule has 0 saturated heterocycles. The minimum Gasteiger partial charge on any atom is -0.495 e. The zero-order valence-electron chi connectivity index (χ0n) is 14.8. The average molecular weight is 377 g/mol. The maximum Gasteiger partial charge on any atom is 0.255 e. The van der Waals surface area contributed by atoms with Crippen LogP contribution in [0.2, 0.25) is 0 Å². The minimum absolute atomic E-state index is 0.0597. The summed E-state index contributed by atoms with van der Waals surface area (Å²) in [6, 6.07) is 23.7. The fraction of sp³-hybridized carbons (Fsp3) is 0.0909. The highest BCUT2D eigenvalue weighted by molar-refractivity contribution is 8.00. The zero-order chi connectivity index (χ0) is 19.1. The minimum atomic E-state index is -0.226. The number of carbonyl (C=O) groups is 2. The summed E-state index contributed by atoms with van der Waals surface area (Å²) in [6.07, 6.45) is 0. The lowest BCUT2D eigenvalue weighted by molar-refractivity contribution is 0.101. The van der Waals surface area contributed by atoms with Gasteiger partial charge in [-0.25, -0.2) is 0 Å². The van der Waals surface area contributed by atoms with Crippen LogP contribution < -0.4 is 10.1 Å². The van der Waals surface area contributed by atoms with Crippen molar-refractivity contribution < 1.29 is 14.3 Å². The van der Waals surface area contributed by atoms with E-state index in [1.165, 1.54) is 11.8 Å². The van der Waals surface area contributed by atoms with Crippen molar-refractivity contribution in [1.82, 2.24) is 0 Å². The number of carbonyl (C=O) groups excluding carboxylic acids is 2. The van der Waals surface area contributed by atoms with Crippen molar-refractivity contribution in [2.75, 3.05) is 18.2 Å². The Kier molecular flexibility index (Phi) is 6.28. The van der Waals surface area contributed by atoms with Crippen LogP contribution >= 0.6 is 11.8 Å². The van der Waals surface area contributed by atoms with E-state index in [1.807, 2.05) is 42.5 Å². The molecule has 0 aromatic heterocycles. The number of benzene rings is 3. The van der Waals surface area contributed by atoms with Gasteiger partial charge in [-0.3, -0.25) is 9.59 Å². The van der Waals surface area contributed by atoms with E-state index in [0.29, 0.717) is 28.3 Å². The molecule has 0 aliphatic carbocycles. The number of ether oxygens (including phenoxy) is 1. The maximum absolute atomic E-state index is 12.6. The van der Waals surface area contributed by atoms with Crippen LogP contribution in [0.25, 0.3) is 0 Å². The van der Waals surface area contributed by atoms with Gasteiger partial charge >= 0.3 is 0 Å². The predicted octanol–water partition coefficient (Wildman–Crippen LogP) is 4.92. The SMILES string of the molecule is COc1ccccc1NC(=O)c1cccc(SCC(=O)c2ccccc2)c1. The van der Waals surface area contributed by atoms with Gasteiger partial charge in [0.25, 0.3) is 5.91 Å². The third-order valence-electron chi connectivity index (χ3n) is 3.92. The third-order valence-corrected chi connectivity index (χ3v) is 4.91. The number of nitrogens with one attached hydrogen (secondary N) is 1. The van der Waals surface area contributed by atoms with Crippen molar-refractivity contribution in [3.8, 4) is 5.75 Å². The van der Waals surface area contributed by atoms with Gasteiger partial charge in [-0.05, 0) is 30.3 Å². The smallest absolute Gasteiger partial charge is 0.255 e. The average Bonchev–Trinajstić information content (AvgIpc) is 2.73. The zero-order valence-corrected chi connectivity index (χ0v) is 15.7. The van der Waals surface area contributed by atoms with Crippen LogP contribution in [-0.2, 0) is 0 Å². The van der Waals surface area contributed by atoms with Crippen LogP contribution in [0.4, 0.5) is 5.69 Å². The van der Waals surface area contributed by atoms with Crippen molar-refractivity contribution in [2.45, 2.75) is 4.90 Å². The number of hydrogen-bond acceptors (Lipinski definition) is 4. The summed E-state index contributed by atoms with van der Waals surface area (Å²) in [4.78, 5) is 25.7. The molecule has 3 aromatic rings. The van der Waals surface area contributed by atoms with Gasteiger partial charge < -0.3 is 10.1 Å². The first-order chi connectivity index (χ1) is 13.2. The van der Waals surface area contributed by atoms with Crippen molar-refractivity contribution in [3.63, 3.8) is 0 Å². The molecular formula is C22H19NO3S. The quantitative estimate of drug-likeness (QED) is 0.469. The summed E-state index contributed by atoms with van der Waals surface area (Å²) in [5.41, 5.74) is 1.83. The molecule has 0 saturated carbocycles. The van der Waals surface area contributed by atoms with Crippen molar-refractivity contribution >= 4 is 29.1 Å². The van der Waals surface area contributed by atoms with Crippen LogP contribution in [0, 0.1) is 0 Å². The van der Waals surface area contributed by atoms with E-state index in [9.17, 15) is 9.59 Å². The first-order valence-electron chi connectivity index (χ1n) is 8.43. The molecule has 27 heavy (non-hydrogen) atoms. The van der Waals surface area contributed by atoms with Gasteiger partial charge in [-0.2, -0.15) is 0 Å². The van der Waals surface area contributed by atoms with Gasteiger partial charge in [0.05, 0.1) is 18.6 Å². The van der Waals surface area contributed by atoms with E-state index in [1.54, 1.807) is 43.5 Å². The number of ketones is 1. The Morgan fingerprint density at radius 1 is 0.889 bits per heavy atom. The van der Waals surface area contributed by atoms with Crippen LogP contribution in [0.15, 0.2) is 83.8 Å². The van der Waals surface area contributed by atoms with Crippen LogP contribution in [0.3, 0.4) is 0 Å². The molecule has 5 heteroatoms. The Labute approximate surface area is 162 Å². The molecule has 1 amide bonds. The molecule has 1 N–H and O–H groups in total. The summed E-state index contributed by atoms with van der Waals surface area (Å²) in [5.74, 6) is 0.757. The molecular weight excluding hydrogens is 358 g/mol. The molecule has 4 nitrogen and oxygen atoms in total. The van der Waals surface area contributed by atoms with E-state index in [4.69, 9.17) is 4.74 Å². The standard InChI is InChI=1S/C22H19NO3S/c1-26-21-13-6-5-12-19(21)23-22(25)17-10-7-11-18(14-17)27-15-20(24)16-8-3-2-4-9-16/h2-14H,15H2,1H3,(H,23,25). The first-order valence-corrected chi connectivity index (χ1v) is 9.41. The predicted molar refractivity (Wildman–Crippen MR) is 109 cm³/mol. The molecule has 0 unspecified atom stereocenters. The number of thioether (sulfide) groups is 1. The van der Waals surface area contributed by atoms with E-state index >= 15 is 0 Å². The monoisotopic (exact) mass is 377 g/mol. The number of rotatable bonds is 7. The summed E-state index contributed by atoms with van der Waals surface area (Å²) in [6.45, 7) is 0. The van der Waals surface area contributed by atoms with Crippen LogP contribution in [-0.4, -0.2) is 24.6 Å². The second-order valence-corrected chi connectivity index (χ2v) is 6.81. The highest BCUT2D eigenvalue weighted by Gasteiger charge is 2.11. The molecule has 0 bridgehead atoms. The molecule has 0 spiro atoms. The van der Waals surface area contributed by atoms with Gasteiger partial charge in [-0.1, -0.05) is 48.5 Å². The fourth-order valence-corrected chi connectivity index (χ4v) is 3.38. The molecule has 3 rings (SSSR count). The Morgan fingerprint density at radius 2 is 1.59 bits per heavy atom.